The van der Waals surface area contributed by atoms with Crippen molar-refractivity contribution in [2.75, 3.05) is 20.1 Å². The van der Waals surface area contributed by atoms with E-state index in [9.17, 15) is 0 Å². The first-order chi connectivity index (χ1) is 12.2. The number of nitrogens with one attached hydrogen (secondary N) is 2. The Morgan fingerprint density at radius 3 is 2.64 bits per heavy atom. The van der Waals surface area contributed by atoms with E-state index < -0.39 is 0 Å². The first-order valence-electron chi connectivity index (χ1n) is 8.75. The third-order valence-electron chi connectivity index (χ3n) is 4.72. The van der Waals surface area contributed by atoms with Crippen LogP contribution in [0.2, 0.25) is 0 Å². The number of halogens is 1. The molecule has 7 heteroatoms. The van der Waals surface area contributed by atoms with Crippen molar-refractivity contribution in [2.24, 2.45) is 4.99 Å². The number of aromatic nitrogens is 3. The van der Waals surface area contributed by atoms with Crippen molar-refractivity contribution in [2.45, 2.75) is 37.6 Å². The molecule has 0 aliphatic heterocycles. The maximum atomic E-state index is 4.34. The Labute approximate surface area is 157 Å². The molecule has 25 heavy (non-hydrogen) atoms. The van der Waals surface area contributed by atoms with Crippen LogP contribution in [0.1, 0.15) is 31.2 Å². The highest BCUT2D eigenvalue weighted by molar-refractivity contribution is 9.10. The number of guanidine groups is 1. The van der Waals surface area contributed by atoms with Gasteiger partial charge in [0.1, 0.15) is 12.7 Å². The molecule has 2 aromatic rings. The van der Waals surface area contributed by atoms with E-state index in [0.29, 0.717) is 0 Å². The predicted octanol–water partition coefficient (Wildman–Crippen LogP) is 2.72. The minimum absolute atomic E-state index is 0.242. The molecule has 6 nitrogen and oxygen atoms in total. The normalized spacial score (nSPS) is 15.8. The van der Waals surface area contributed by atoms with Gasteiger partial charge in [0.05, 0.1) is 0 Å². The van der Waals surface area contributed by atoms with Crippen LogP contribution in [-0.2, 0) is 12.0 Å². The Morgan fingerprint density at radius 1 is 1.20 bits per heavy atom. The lowest BCUT2D eigenvalue weighted by molar-refractivity contribution is 0.592. The molecule has 0 bridgehead atoms. The van der Waals surface area contributed by atoms with Crippen LogP contribution in [-0.4, -0.2) is 40.9 Å². The summed E-state index contributed by atoms with van der Waals surface area (Å²) in [6.45, 7) is 2.77. The van der Waals surface area contributed by atoms with Crippen molar-refractivity contribution in [3.63, 3.8) is 0 Å². The molecule has 2 N–H and O–H groups in total. The van der Waals surface area contributed by atoms with E-state index in [1.54, 1.807) is 12.7 Å². The van der Waals surface area contributed by atoms with Crippen LogP contribution < -0.4 is 10.6 Å². The fraction of sp³-hybridized carbons (Fsp3) is 0.500. The van der Waals surface area contributed by atoms with Crippen LogP contribution in [0.5, 0.6) is 0 Å². The highest BCUT2D eigenvalue weighted by Gasteiger charge is 2.45. The van der Waals surface area contributed by atoms with Crippen LogP contribution >= 0.6 is 15.9 Å². The van der Waals surface area contributed by atoms with Gasteiger partial charge in [0.15, 0.2) is 5.96 Å². The Kier molecular flexibility index (Phi) is 6.07. The molecule has 1 fully saturated rings. The number of hydrogen-bond acceptors (Lipinski definition) is 3. The van der Waals surface area contributed by atoms with Crippen molar-refractivity contribution in [3.05, 3.63) is 47.0 Å². The van der Waals surface area contributed by atoms with Crippen LogP contribution in [0.15, 0.2) is 46.4 Å². The van der Waals surface area contributed by atoms with Gasteiger partial charge in [-0.25, -0.2) is 0 Å². The molecule has 1 saturated carbocycles. The summed E-state index contributed by atoms with van der Waals surface area (Å²) < 4.78 is 3.20. The SMILES string of the molecule is CN=C(NCCCCn1cnnc1)NCC1(c2ccccc2Br)CC1. The molecule has 0 spiro atoms. The molecule has 1 aliphatic rings. The summed E-state index contributed by atoms with van der Waals surface area (Å²) >= 11 is 3.69. The highest BCUT2D eigenvalue weighted by Crippen LogP contribution is 2.49. The van der Waals surface area contributed by atoms with Crippen LogP contribution in [0.3, 0.4) is 0 Å². The number of rotatable bonds is 8. The van der Waals surface area contributed by atoms with E-state index in [0.717, 1.165) is 38.4 Å². The van der Waals surface area contributed by atoms with E-state index in [1.807, 2.05) is 11.6 Å². The lowest BCUT2D eigenvalue weighted by atomic mass is 9.96. The molecule has 1 aromatic heterocycles. The van der Waals surface area contributed by atoms with Crippen molar-refractivity contribution in [3.8, 4) is 0 Å². The molecular weight excluding hydrogens is 380 g/mol. The molecule has 1 aromatic carbocycles. The smallest absolute Gasteiger partial charge is 0.191 e. The van der Waals surface area contributed by atoms with E-state index >= 15 is 0 Å². The van der Waals surface area contributed by atoms with Crippen LogP contribution in [0, 0.1) is 0 Å². The van der Waals surface area contributed by atoms with Crippen molar-refractivity contribution >= 4 is 21.9 Å². The van der Waals surface area contributed by atoms with E-state index in [1.165, 1.54) is 22.9 Å². The number of unbranched alkanes of at least 4 members (excludes halogenated alkanes) is 1. The Balaban J connectivity index is 1.40. The van der Waals surface area contributed by atoms with Gasteiger partial charge in [-0.3, -0.25) is 4.99 Å². The van der Waals surface area contributed by atoms with E-state index in [-0.39, 0.29) is 5.41 Å². The van der Waals surface area contributed by atoms with Gasteiger partial charge in [-0.05, 0) is 37.3 Å². The lowest BCUT2D eigenvalue weighted by Gasteiger charge is -2.20. The lowest BCUT2D eigenvalue weighted by Crippen LogP contribution is -2.41. The summed E-state index contributed by atoms with van der Waals surface area (Å²) in [7, 11) is 1.82. The first kappa shape index (κ1) is 17.9. The number of aliphatic imine (C=N–C) groups is 1. The summed E-state index contributed by atoms with van der Waals surface area (Å²) in [5.41, 5.74) is 1.64. The maximum absolute atomic E-state index is 4.34. The van der Waals surface area contributed by atoms with Gasteiger partial charge >= 0.3 is 0 Å². The Hall–Kier alpha value is -1.89. The van der Waals surface area contributed by atoms with Gasteiger partial charge in [-0.2, -0.15) is 0 Å². The third kappa shape index (κ3) is 4.81. The average Bonchev–Trinajstić information content (AvgIpc) is 3.23. The molecule has 0 radical (unpaired) electrons. The zero-order chi connectivity index (χ0) is 17.5. The Bertz CT molecular complexity index is 693. The maximum Gasteiger partial charge on any atom is 0.191 e. The zero-order valence-corrected chi connectivity index (χ0v) is 16.2. The first-order valence-corrected chi connectivity index (χ1v) is 9.55. The fourth-order valence-electron chi connectivity index (χ4n) is 3.02. The van der Waals surface area contributed by atoms with E-state index in [4.69, 9.17) is 0 Å². The minimum Gasteiger partial charge on any atom is -0.356 e. The van der Waals surface area contributed by atoms with Gasteiger partial charge in [0.25, 0.3) is 0 Å². The molecule has 0 unspecified atom stereocenters. The van der Waals surface area contributed by atoms with Crippen molar-refractivity contribution < 1.29 is 0 Å². The number of aryl methyl sites for hydroxylation is 1. The fourth-order valence-corrected chi connectivity index (χ4v) is 3.73. The topological polar surface area (TPSA) is 67.1 Å². The molecule has 3 rings (SSSR count). The summed E-state index contributed by atoms with van der Waals surface area (Å²) in [6, 6.07) is 8.53. The number of nitrogens with zero attached hydrogens (tertiary/aromatic N) is 4. The highest BCUT2D eigenvalue weighted by atomic mass is 79.9. The molecule has 1 heterocycles. The third-order valence-corrected chi connectivity index (χ3v) is 5.41. The molecule has 1 aliphatic carbocycles. The van der Waals surface area contributed by atoms with Gasteiger partial charge < -0.3 is 15.2 Å². The van der Waals surface area contributed by atoms with Gasteiger partial charge in [-0.1, -0.05) is 34.1 Å². The molecule has 0 amide bonds. The van der Waals surface area contributed by atoms with Crippen molar-refractivity contribution in [1.82, 2.24) is 25.4 Å². The summed E-state index contributed by atoms with van der Waals surface area (Å²) in [5.74, 6) is 0.877. The second-order valence-electron chi connectivity index (χ2n) is 6.52. The zero-order valence-electron chi connectivity index (χ0n) is 14.6. The summed E-state index contributed by atoms with van der Waals surface area (Å²) in [4.78, 5) is 4.34. The van der Waals surface area contributed by atoms with Gasteiger partial charge in [-0.15, -0.1) is 10.2 Å². The predicted molar refractivity (Wildman–Crippen MR) is 104 cm³/mol. The average molecular weight is 405 g/mol. The minimum atomic E-state index is 0.242. The second kappa shape index (κ2) is 8.47. The van der Waals surface area contributed by atoms with Gasteiger partial charge in [0, 0.05) is 36.6 Å². The number of hydrogen-bond donors (Lipinski definition) is 2. The quantitative estimate of drug-likeness (QED) is 0.403. The largest absolute Gasteiger partial charge is 0.356 e. The summed E-state index contributed by atoms with van der Waals surface area (Å²) in [6.07, 6.45) is 8.11. The van der Waals surface area contributed by atoms with Crippen LogP contribution in [0.25, 0.3) is 0 Å². The summed E-state index contributed by atoms with van der Waals surface area (Å²) in [5, 5.41) is 14.5. The molecule has 134 valence electrons. The van der Waals surface area contributed by atoms with Crippen LogP contribution in [0.4, 0.5) is 0 Å². The molecule has 0 atom stereocenters. The van der Waals surface area contributed by atoms with Crippen molar-refractivity contribution in [1.29, 1.82) is 0 Å². The monoisotopic (exact) mass is 404 g/mol. The Morgan fingerprint density at radius 2 is 1.96 bits per heavy atom. The number of benzene rings is 1. The second-order valence-corrected chi connectivity index (χ2v) is 7.37. The molecule has 0 saturated heterocycles. The standard InChI is InChI=1S/C18H25BrN6/c1-20-17(21-10-4-5-11-25-13-23-24-14-25)22-12-18(8-9-18)15-6-2-3-7-16(15)19/h2-3,6-7,13-14H,4-5,8-12H2,1H3,(H2,20,21,22). The van der Waals surface area contributed by atoms with E-state index in [2.05, 4.69) is 66.0 Å². The van der Waals surface area contributed by atoms with Gasteiger partial charge in [0.2, 0.25) is 0 Å². The molecular formula is C18H25BrN6.